The second-order valence-corrected chi connectivity index (χ2v) is 10.7. The Kier molecular flexibility index (Phi) is 15.7. The first-order valence-electron chi connectivity index (χ1n) is 15.0. The van der Waals surface area contributed by atoms with Gasteiger partial charge in [0.25, 0.3) is 0 Å². The van der Waals surface area contributed by atoms with Gasteiger partial charge in [0.2, 0.25) is 17.7 Å². The van der Waals surface area contributed by atoms with Crippen molar-refractivity contribution < 1.29 is 24.3 Å². The molecule has 244 valence electrons. The maximum atomic E-state index is 13.5. The molecule has 15 N–H and O–H groups in total. The van der Waals surface area contributed by atoms with Gasteiger partial charge >= 0.3 is 5.97 Å². The number of unbranched alkanes of at least 4 members (excludes halogenated alkanes) is 2. The molecule has 0 spiro atoms. The van der Waals surface area contributed by atoms with Crippen LogP contribution in [0, 0.1) is 0 Å². The molecule has 44 heavy (non-hydrogen) atoms. The van der Waals surface area contributed by atoms with Crippen molar-refractivity contribution in [2.45, 2.75) is 82.0 Å². The average molecular weight is 617 g/mol. The quantitative estimate of drug-likeness (QED) is 0.0458. The van der Waals surface area contributed by atoms with Crippen molar-refractivity contribution in [3.8, 4) is 0 Å². The zero-order valence-electron chi connectivity index (χ0n) is 25.1. The molecule has 0 saturated heterocycles. The fraction of sp³-hybridized carbons (Fsp3) is 0.552. The van der Waals surface area contributed by atoms with Crippen molar-refractivity contribution in [1.29, 1.82) is 0 Å². The molecule has 0 aliphatic carbocycles. The Bertz CT molecular complexity index is 1250. The number of hydrogen-bond donors (Lipinski definition) is 10. The predicted molar refractivity (Wildman–Crippen MR) is 169 cm³/mol. The Balaban J connectivity index is 2.20. The second-order valence-electron chi connectivity index (χ2n) is 10.7. The van der Waals surface area contributed by atoms with Crippen LogP contribution in [0.25, 0.3) is 10.9 Å². The number of carbonyl (C=O) groups excluding carboxylic acids is 3. The lowest BCUT2D eigenvalue weighted by molar-refractivity contribution is -0.142. The molecular weight excluding hydrogens is 568 g/mol. The molecule has 1 aromatic carbocycles. The summed E-state index contributed by atoms with van der Waals surface area (Å²) in [6, 6.07) is 3.21. The second kappa shape index (κ2) is 19.1. The molecule has 0 fully saturated rings. The van der Waals surface area contributed by atoms with Crippen LogP contribution in [0.2, 0.25) is 0 Å². The van der Waals surface area contributed by atoms with E-state index >= 15 is 0 Å². The molecule has 0 saturated carbocycles. The molecule has 4 unspecified atom stereocenters. The Morgan fingerprint density at radius 1 is 0.795 bits per heavy atom. The number of aliphatic imine (C=N–C) groups is 1. The van der Waals surface area contributed by atoms with E-state index in [0.717, 1.165) is 17.3 Å². The highest BCUT2D eigenvalue weighted by Crippen LogP contribution is 2.19. The fourth-order valence-electron chi connectivity index (χ4n) is 4.72. The van der Waals surface area contributed by atoms with Crippen LogP contribution in [-0.4, -0.2) is 83.5 Å². The maximum absolute atomic E-state index is 13.5. The molecule has 0 bridgehead atoms. The van der Waals surface area contributed by atoms with Gasteiger partial charge in [-0.15, -0.1) is 0 Å². The molecule has 15 heteroatoms. The lowest BCUT2D eigenvalue weighted by Crippen LogP contribution is -2.57. The van der Waals surface area contributed by atoms with Crippen LogP contribution in [0.15, 0.2) is 35.5 Å². The van der Waals surface area contributed by atoms with Crippen molar-refractivity contribution in [2.75, 3.05) is 19.6 Å². The predicted octanol–water partition coefficient (Wildman–Crippen LogP) is -1.11. The smallest absolute Gasteiger partial charge is 0.326 e. The molecule has 0 aliphatic heterocycles. The molecule has 1 heterocycles. The summed E-state index contributed by atoms with van der Waals surface area (Å²) >= 11 is 0. The van der Waals surface area contributed by atoms with Gasteiger partial charge in [0.05, 0.1) is 6.04 Å². The highest BCUT2D eigenvalue weighted by Gasteiger charge is 2.30. The van der Waals surface area contributed by atoms with E-state index in [2.05, 4.69) is 25.9 Å². The van der Waals surface area contributed by atoms with Gasteiger partial charge in [0, 0.05) is 30.1 Å². The van der Waals surface area contributed by atoms with Gasteiger partial charge in [-0.05, 0) is 69.7 Å². The van der Waals surface area contributed by atoms with E-state index in [0.29, 0.717) is 50.8 Å². The zero-order chi connectivity index (χ0) is 32.5. The summed E-state index contributed by atoms with van der Waals surface area (Å²) in [7, 11) is 0. The number of aromatic nitrogens is 1. The largest absolute Gasteiger partial charge is 0.480 e. The Morgan fingerprint density at radius 2 is 1.36 bits per heavy atom. The number of nitrogens with one attached hydrogen (secondary N) is 4. The summed E-state index contributed by atoms with van der Waals surface area (Å²) in [5.41, 5.74) is 29.5. The number of nitrogens with zero attached hydrogens (tertiary/aromatic N) is 1. The summed E-state index contributed by atoms with van der Waals surface area (Å²) in [5.74, 6) is -3.14. The SMILES string of the molecule is NCCCCC(N)C(=O)NC(CCCCN)C(=O)NC(CCCN=C(N)N)C(=O)NC(Cc1c[nH]c2ccccc12)C(=O)O. The van der Waals surface area contributed by atoms with Gasteiger partial charge in [-0.2, -0.15) is 0 Å². The third kappa shape index (κ3) is 12.2. The number of guanidine groups is 1. The lowest BCUT2D eigenvalue weighted by atomic mass is 10.0. The van der Waals surface area contributed by atoms with E-state index < -0.39 is 47.9 Å². The van der Waals surface area contributed by atoms with Crippen LogP contribution in [-0.2, 0) is 25.6 Å². The molecule has 3 amide bonds. The number of benzene rings is 1. The molecule has 2 aromatic rings. The highest BCUT2D eigenvalue weighted by molar-refractivity contribution is 5.94. The van der Waals surface area contributed by atoms with Crippen molar-refractivity contribution in [1.82, 2.24) is 20.9 Å². The van der Waals surface area contributed by atoms with Crippen molar-refractivity contribution >= 4 is 40.6 Å². The number of fused-ring (bicyclic) bond motifs is 1. The van der Waals surface area contributed by atoms with E-state index in [1.54, 1.807) is 6.20 Å². The number of carboxylic acid groups (broad SMARTS) is 1. The van der Waals surface area contributed by atoms with Crippen molar-refractivity contribution in [3.05, 3.63) is 36.0 Å². The monoisotopic (exact) mass is 616 g/mol. The van der Waals surface area contributed by atoms with Gasteiger partial charge in [-0.1, -0.05) is 24.6 Å². The highest BCUT2D eigenvalue weighted by atomic mass is 16.4. The molecule has 1 aromatic heterocycles. The maximum Gasteiger partial charge on any atom is 0.326 e. The third-order valence-electron chi connectivity index (χ3n) is 7.18. The molecular formula is C29H48N10O5. The number of rotatable bonds is 21. The molecule has 15 nitrogen and oxygen atoms in total. The van der Waals surface area contributed by atoms with Gasteiger partial charge in [-0.25, -0.2) is 4.79 Å². The number of amides is 3. The minimum Gasteiger partial charge on any atom is -0.480 e. The van der Waals surface area contributed by atoms with E-state index in [4.69, 9.17) is 28.7 Å². The minimum atomic E-state index is -1.27. The first kappa shape index (κ1) is 36.0. The number of nitrogens with two attached hydrogens (primary N) is 5. The van der Waals surface area contributed by atoms with Crippen LogP contribution >= 0.6 is 0 Å². The van der Waals surface area contributed by atoms with Crippen LogP contribution in [0.1, 0.15) is 56.9 Å². The molecule has 2 rings (SSSR count). The first-order valence-corrected chi connectivity index (χ1v) is 15.0. The number of carboxylic acids is 1. The summed E-state index contributed by atoms with van der Waals surface area (Å²) in [5, 5.41) is 18.7. The normalized spacial score (nSPS) is 13.8. The van der Waals surface area contributed by atoms with Crippen LogP contribution in [0.5, 0.6) is 0 Å². The Labute approximate surface area is 257 Å². The topological polar surface area (TPSA) is 283 Å². The first-order chi connectivity index (χ1) is 21.1. The standard InChI is InChI=1S/C29H48N10O5/c30-13-5-3-9-20(32)25(40)37-22(11-4-6-14-31)26(41)38-23(12-7-15-35-29(33)34)27(42)39-24(28(43)44)16-18-17-36-21-10-2-1-8-19(18)21/h1-2,8,10,17,20,22-24,36H,3-7,9,11-16,30-32H2,(H,37,40)(H,38,41)(H,39,42)(H,43,44)(H4,33,34,35). The average Bonchev–Trinajstić information content (AvgIpc) is 3.40. The van der Waals surface area contributed by atoms with Gasteiger partial charge < -0.3 is 54.7 Å². The number of para-hydroxylation sites is 1. The molecule has 4 atom stereocenters. The molecule has 0 radical (unpaired) electrons. The fourth-order valence-corrected chi connectivity index (χ4v) is 4.72. The number of carbonyl (C=O) groups is 4. The number of aromatic amines is 1. The summed E-state index contributed by atoms with van der Waals surface area (Å²) in [6.07, 6.45) is 5.36. The van der Waals surface area contributed by atoms with Gasteiger partial charge in [-0.3, -0.25) is 19.4 Å². The number of hydrogen-bond acceptors (Lipinski definition) is 8. The molecule has 0 aliphatic rings. The van der Waals surface area contributed by atoms with Crippen molar-refractivity contribution in [3.63, 3.8) is 0 Å². The number of H-pyrrole nitrogens is 1. The summed E-state index contributed by atoms with van der Waals surface area (Å²) < 4.78 is 0. The van der Waals surface area contributed by atoms with E-state index in [1.807, 2.05) is 24.3 Å². The number of aliphatic carboxylic acids is 1. The summed E-state index contributed by atoms with van der Waals surface area (Å²) in [6.45, 7) is 1.08. The van der Waals surface area contributed by atoms with E-state index in [1.165, 1.54) is 0 Å². The van der Waals surface area contributed by atoms with Crippen LogP contribution < -0.4 is 44.6 Å². The Hall–Kier alpha value is -4.21. The third-order valence-corrected chi connectivity index (χ3v) is 7.18. The van der Waals surface area contributed by atoms with Gasteiger partial charge in [0.15, 0.2) is 5.96 Å². The van der Waals surface area contributed by atoms with Crippen LogP contribution in [0.3, 0.4) is 0 Å². The zero-order valence-corrected chi connectivity index (χ0v) is 25.1. The van der Waals surface area contributed by atoms with Gasteiger partial charge in [0.1, 0.15) is 18.1 Å². The minimum absolute atomic E-state index is 0.0135. The van der Waals surface area contributed by atoms with E-state index in [-0.39, 0.29) is 31.8 Å². The lowest BCUT2D eigenvalue weighted by Gasteiger charge is -2.25. The summed E-state index contributed by atoms with van der Waals surface area (Å²) in [4.78, 5) is 58.9. The van der Waals surface area contributed by atoms with E-state index in [9.17, 15) is 24.3 Å². The van der Waals surface area contributed by atoms with Crippen LogP contribution in [0.4, 0.5) is 0 Å². The van der Waals surface area contributed by atoms with Crippen molar-refractivity contribution in [2.24, 2.45) is 33.7 Å². The Morgan fingerprint density at radius 3 is 1.98 bits per heavy atom.